The summed E-state index contributed by atoms with van der Waals surface area (Å²) in [6, 6.07) is 7.79. The minimum absolute atomic E-state index is 0.570. The molecule has 0 spiro atoms. The summed E-state index contributed by atoms with van der Waals surface area (Å²) in [6.07, 6.45) is 3.56. The number of likely N-dealkylation sites (N-methyl/N-ethyl adjacent to an activating group) is 1. The second-order valence-corrected chi connectivity index (χ2v) is 4.97. The highest BCUT2D eigenvalue weighted by Gasteiger charge is 2.19. The number of anilines is 2. The third-order valence-corrected chi connectivity index (χ3v) is 3.73. The number of nitrogens with two attached hydrogens (primary N) is 1. The van der Waals surface area contributed by atoms with E-state index in [2.05, 4.69) is 29.1 Å². The van der Waals surface area contributed by atoms with E-state index in [-0.39, 0.29) is 0 Å². The van der Waals surface area contributed by atoms with Gasteiger partial charge in [-0.25, -0.2) is 0 Å². The van der Waals surface area contributed by atoms with Crippen LogP contribution >= 0.6 is 0 Å². The van der Waals surface area contributed by atoms with Crippen LogP contribution in [0, 0.1) is 0 Å². The summed E-state index contributed by atoms with van der Waals surface area (Å²) in [5.74, 6) is 0. The Morgan fingerprint density at radius 2 is 2.21 bits per heavy atom. The van der Waals surface area contributed by atoms with Gasteiger partial charge >= 0.3 is 0 Å². The van der Waals surface area contributed by atoms with E-state index in [9.17, 15) is 5.11 Å². The van der Waals surface area contributed by atoms with Crippen molar-refractivity contribution in [3.63, 3.8) is 0 Å². The van der Waals surface area contributed by atoms with Crippen molar-refractivity contribution >= 4 is 11.4 Å². The van der Waals surface area contributed by atoms with E-state index in [1.54, 1.807) is 18.5 Å². The second kappa shape index (κ2) is 4.55. The molecule has 0 fully saturated rings. The van der Waals surface area contributed by atoms with Crippen molar-refractivity contribution in [2.75, 3.05) is 24.2 Å². The van der Waals surface area contributed by atoms with Gasteiger partial charge in [0.2, 0.25) is 0 Å². The van der Waals surface area contributed by atoms with E-state index in [1.807, 2.05) is 6.07 Å². The van der Waals surface area contributed by atoms with Gasteiger partial charge < -0.3 is 15.7 Å². The molecule has 0 radical (unpaired) electrons. The molecule has 19 heavy (non-hydrogen) atoms. The number of nitrogen functional groups attached to an aromatic ring is 1. The number of aliphatic hydroxyl groups is 1. The molecule has 0 bridgehead atoms. The first-order valence-electron chi connectivity index (χ1n) is 6.38. The Morgan fingerprint density at radius 1 is 1.37 bits per heavy atom. The van der Waals surface area contributed by atoms with E-state index >= 15 is 0 Å². The van der Waals surface area contributed by atoms with Crippen molar-refractivity contribution in [2.24, 2.45) is 0 Å². The topological polar surface area (TPSA) is 62.4 Å². The Balaban J connectivity index is 1.97. The zero-order valence-corrected chi connectivity index (χ0v) is 10.9. The van der Waals surface area contributed by atoms with Crippen LogP contribution in [0.1, 0.15) is 22.8 Å². The molecule has 0 saturated carbocycles. The van der Waals surface area contributed by atoms with Gasteiger partial charge in [-0.1, -0.05) is 12.1 Å². The monoisotopic (exact) mass is 255 g/mol. The normalized spacial score (nSPS) is 15.4. The quantitative estimate of drug-likeness (QED) is 0.858. The fraction of sp³-hybridized carbons (Fsp3) is 0.267. The van der Waals surface area contributed by atoms with Crippen LogP contribution in [0.25, 0.3) is 0 Å². The zero-order valence-electron chi connectivity index (χ0n) is 10.9. The summed E-state index contributed by atoms with van der Waals surface area (Å²) < 4.78 is 0. The number of hydrogen-bond donors (Lipinski definition) is 2. The van der Waals surface area contributed by atoms with E-state index < -0.39 is 6.10 Å². The maximum absolute atomic E-state index is 10.4. The maximum Gasteiger partial charge on any atom is 0.108 e. The van der Waals surface area contributed by atoms with E-state index in [0.717, 1.165) is 18.5 Å². The Labute approximate surface area is 112 Å². The third kappa shape index (κ3) is 2.04. The van der Waals surface area contributed by atoms with Crippen LogP contribution in [0.4, 0.5) is 11.4 Å². The SMILES string of the molecule is CN1CCc2cc(C(O)c3cnccc3N)ccc21. The zero-order chi connectivity index (χ0) is 13.4. The molecule has 98 valence electrons. The number of benzene rings is 1. The van der Waals surface area contributed by atoms with Crippen LogP contribution in [-0.2, 0) is 6.42 Å². The van der Waals surface area contributed by atoms with Crippen molar-refractivity contribution in [2.45, 2.75) is 12.5 Å². The van der Waals surface area contributed by atoms with E-state index in [1.165, 1.54) is 11.3 Å². The van der Waals surface area contributed by atoms with Crippen LogP contribution in [0.3, 0.4) is 0 Å². The van der Waals surface area contributed by atoms with Crippen LogP contribution in [0.5, 0.6) is 0 Å². The van der Waals surface area contributed by atoms with Crippen molar-refractivity contribution in [1.29, 1.82) is 0 Å². The van der Waals surface area contributed by atoms with Crippen molar-refractivity contribution < 1.29 is 5.11 Å². The van der Waals surface area contributed by atoms with Gasteiger partial charge in [0.05, 0.1) is 0 Å². The minimum atomic E-state index is -0.718. The second-order valence-electron chi connectivity index (χ2n) is 4.97. The van der Waals surface area contributed by atoms with Crippen LogP contribution in [-0.4, -0.2) is 23.7 Å². The minimum Gasteiger partial charge on any atom is -0.398 e. The largest absolute Gasteiger partial charge is 0.398 e. The average molecular weight is 255 g/mol. The molecule has 1 aromatic carbocycles. The Bertz CT molecular complexity index is 612. The number of aliphatic hydroxyl groups excluding tert-OH is 1. The Hall–Kier alpha value is -2.07. The van der Waals surface area contributed by atoms with Crippen molar-refractivity contribution in [3.05, 3.63) is 53.3 Å². The van der Waals surface area contributed by atoms with E-state index in [0.29, 0.717) is 11.3 Å². The molecule has 4 nitrogen and oxygen atoms in total. The van der Waals surface area contributed by atoms with Gasteiger partial charge in [-0.3, -0.25) is 4.98 Å². The number of hydrogen-bond acceptors (Lipinski definition) is 4. The molecule has 4 heteroatoms. The van der Waals surface area contributed by atoms with Gasteiger partial charge in [-0.2, -0.15) is 0 Å². The number of rotatable bonds is 2. The molecule has 1 unspecified atom stereocenters. The lowest BCUT2D eigenvalue weighted by molar-refractivity contribution is 0.220. The molecule has 3 rings (SSSR count). The highest BCUT2D eigenvalue weighted by molar-refractivity contribution is 5.59. The number of fused-ring (bicyclic) bond motifs is 1. The fourth-order valence-electron chi connectivity index (χ4n) is 2.58. The molecule has 3 N–H and O–H groups in total. The molecule has 1 aliphatic heterocycles. The average Bonchev–Trinajstić information content (AvgIpc) is 2.80. The lowest BCUT2D eigenvalue weighted by Crippen LogP contribution is -2.12. The molecule has 1 atom stereocenters. The smallest absolute Gasteiger partial charge is 0.108 e. The van der Waals surface area contributed by atoms with Crippen LogP contribution in [0.2, 0.25) is 0 Å². The summed E-state index contributed by atoms with van der Waals surface area (Å²) in [7, 11) is 2.08. The van der Waals surface area contributed by atoms with E-state index in [4.69, 9.17) is 5.73 Å². The molecular weight excluding hydrogens is 238 g/mol. The van der Waals surface area contributed by atoms with Gasteiger partial charge in [0.1, 0.15) is 6.10 Å². The summed E-state index contributed by atoms with van der Waals surface area (Å²) in [6.45, 7) is 1.03. The highest BCUT2D eigenvalue weighted by Crippen LogP contribution is 2.32. The highest BCUT2D eigenvalue weighted by atomic mass is 16.3. The predicted octanol–water partition coefficient (Wildman–Crippen LogP) is 1.74. The van der Waals surface area contributed by atoms with Gasteiger partial charge in [-0.05, 0) is 29.7 Å². The molecule has 0 saturated heterocycles. The molecule has 1 aliphatic rings. The Kier molecular flexibility index (Phi) is 2.87. The summed E-state index contributed by atoms with van der Waals surface area (Å²) in [5.41, 5.74) is 10.5. The number of pyridine rings is 1. The number of aromatic nitrogens is 1. The summed E-state index contributed by atoms with van der Waals surface area (Å²) >= 11 is 0. The van der Waals surface area contributed by atoms with Gasteiger partial charge in [0.15, 0.2) is 0 Å². The first-order valence-corrected chi connectivity index (χ1v) is 6.38. The van der Waals surface area contributed by atoms with Gasteiger partial charge in [0, 0.05) is 42.9 Å². The van der Waals surface area contributed by atoms with Crippen LogP contribution in [0.15, 0.2) is 36.7 Å². The third-order valence-electron chi connectivity index (χ3n) is 3.73. The van der Waals surface area contributed by atoms with Crippen molar-refractivity contribution in [3.8, 4) is 0 Å². The molecule has 0 aliphatic carbocycles. The first-order chi connectivity index (χ1) is 9.16. The molecule has 1 aromatic heterocycles. The van der Waals surface area contributed by atoms with Crippen molar-refractivity contribution in [1.82, 2.24) is 4.98 Å². The van der Waals surface area contributed by atoms with Gasteiger partial charge in [-0.15, -0.1) is 0 Å². The number of nitrogens with zero attached hydrogens (tertiary/aromatic N) is 2. The molecule has 2 heterocycles. The van der Waals surface area contributed by atoms with Crippen LogP contribution < -0.4 is 10.6 Å². The molecule has 2 aromatic rings. The first kappa shape index (κ1) is 12.0. The van der Waals surface area contributed by atoms with Gasteiger partial charge in [0.25, 0.3) is 0 Å². The standard InChI is InChI=1S/C15H17N3O/c1-18-7-5-10-8-11(2-3-14(10)18)15(19)12-9-17-6-4-13(12)16/h2-4,6,8-9,15,19H,5,7H2,1H3,(H2,16,17). The fourth-order valence-corrected chi connectivity index (χ4v) is 2.58. The predicted molar refractivity (Wildman–Crippen MR) is 76.1 cm³/mol. The maximum atomic E-state index is 10.4. The molecular formula is C15H17N3O. The lowest BCUT2D eigenvalue weighted by Gasteiger charge is -2.16. The lowest BCUT2D eigenvalue weighted by atomic mass is 9.99. The Morgan fingerprint density at radius 3 is 3.00 bits per heavy atom. The summed E-state index contributed by atoms with van der Waals surface area (Å²) in [4.78, 5) is 6.25. The molecule has 0 amide bonds. The summed E-state index contributed by atoms with van der Waals surface area (Å²) in [5, 5.41) is 10.4.